The lowest BCUT2D eigenvalue weighted by atomic mass is 10.4. The number of H-pyrrole nitrogens is 1. The van der Waals surface area contributed by atoms with E-state index in [9.17, 15) is 14.4 Å². The highest BCUT2D eigenvalue weighted by molar-refractivity contribution is 5.48. The molecule has 0 spiro atoms. The Kier molecular flexibility index (Phi) is 2.57. The first-order valence-corrected chi connectivity index (χ1v) is 3.48. The fourth-order valence-corrected chi connectivity index (χ4v) is 0.846. The van der Waals surface area contributed by atoms with Crippen LogP contribution in [0.4, 0.5) is 0 Å². The van der Waals surface area contributed by atoms with Gasteiger partial charge in [-0.2, -0.15) is 0 Å². The quantitative estimate of drug-likeness (QED) is 0.596. The van der Waals surface area contributed by atoms with Gasteiger partial charge in [-0.1, -0.05) is 0 Å². The molecule has 64 valence electrons. The number of nitrogens with one attached hydrogen (secondary N) is 1. The Balaban J connectivity index is 3.05. The van der Waals surface area contributed by atoms with Crippen molar-refractivity contribution in [1.29, 1.82) is 0 Å². The van der Waals surface area contributed by atoms with E-state index in [1.54, 1.807) is 0 Å². The number of rotatable bonds is 3. The van der Waals surface area contributed by atoms with Crippen LogP contribution in [0.1, 0.15) is 6.42 Å². The molecule has 0 unspecified atom stereocenters. The molecule has 0 fully saturated rings. The van der Waals surface area contributed by atoms with Gasteiger partial charge in [-0.05, 0) is 0 Å². The van der Waals surface area contributed by atoms with Crippen molar-refractivity contribution < 1.29 is 4.79 Å². The molecule has 1 aromatic heterocycles. The van der Waals surface area contributed by atoms with E-state index in [1.807, 2.05) is 0 Å². The summed E-state index contributed by atoms with van der Waals surface area (Å²) < 4.78 is 0.981. The van der Waals surface area contributed by atoms with Crippen molar-refractivity contribution >= 4 is 6.29 Å². The highest BCUT2D eigenvalue weighted by Crippen LogP contribution is 1.75. The van der Waals surface area contributed by atoms with E-state index in [1.165, 1.54) is 12.3 Å². The first-order valence-electron chi connectivity index (χ1n) is 3.48. The smallest absolute Gasteiger partial charge is 0.314 e. The molecule has 0 radical (unpaired) electrons. The molecule has 1 N–H and O–H groups in total. The molecule has 0 saturated carbocycles. The van der Waals surface area contributed by atoms with Crippen LogP contribution in [-0.2, 0) is 11.3 Å². The van der Waals surface area contributed by atoms with Crippen LogP contribution in [0.25, 0.3) is 0 Å². The minimum absolute atomic E-state index is 0.137. The largest absolute Gasteiger partial charge is 0.328 e. The van der Waals surface area contributed by atoms with Crippen molar-refractivity contribution in [1.82, 2.24) is 9.55 Å². The van der Waals surface area contributed by atoms with Crippen LogP contribution in [0.5, 0.6) is 0 Å². The molecular weight excluding hydrogens is 160 g/mol. The van der Waals surface area contributed by atoms with Crippen molar-refractivity contribution in [3.63, 3.8) is 0 Å². The fourth-order valence-electron chi connectivity index (χ4n) is 0.846. The summed E-state index contributed by atoms with van der Waals surface area (Å²) >= 11 is 0. The van der Waals surface area contributed by atoms with Crippen molar-refractivity contribution in [3.8, 4) is 0 Å². The molecule has 0 bridgehead atoms. The normalized spacial score (nSPS) is 9.67. The third-order valence-corrected chi connectivity index (χ3v) is 1.41. The van der Waals surface area contributed by atoms with Gasteiger partial charge in [0.2, 0.25) is 0 Å². The topological polar surface area (TPSA) is 71.9 Å². The van der Waals surface area contributed by atoms with Crippen LogP contribution < -0.4 is 11.2 Å². The number of hydrogen-bond acceptors (Lipinski definition) is 3. The van der Waals surface area contributed by atoms with Crippen LogP contribution in [-0.4, -0.2) is 15.8 Å². The van der Waals surface area contributed by atoms with E-state index in [0.717, 1.165) is 4.57 Å². The molecule has 0 aliphatic carbocycles. The van der Waals surface area contributed by atoms with Gasteiger partial charge in [0.1, 0.15) is 6.29 Å². The van der Waals surface area contributed by atoms with Crippen molar-refractivity contribution in [3.05, 3.63) is 33.1 Å². The highest BCUT2D eigenvalue weighted by Gasteiger charge is 1.97. The number of aromatic amines is 1. The average molecular weight is 168 g/mol. The molecule has 1 rings (SSSR count). The van der Waals surface area contributed by atoms with Gasteiger partial charge in [0.05, 0.1) is 0 Å². The van der Waals surface area contributed by atoms with Gasteiger partial charge < -0.3 is 9.78 Å². The number of aldehydes is 1. The summed E-state index contributed by atoms with van der Waals surface area (Å²) in [4.78, 5) is 34.2. The van der Waals surface area contributed by atoms with E-state index in [-0.39, 0.29) is 18.5 Å². The summed E-state index contributed by atoms with van der Waals surface area (Å²) in [6.07, 6.45) is 2.12. The maximum atomic E-state index is 11.0. The number of nitrogens with zero attached hydrogens (tertiary/aromatic N) is 1. The van der Waals surface area contributed by atoms with Gasteiger partial charge >= 0.3 is 5.69 Å². The van der Waals surface area contributed by atoms with Gasteiger partial charge in [0.25, 0.3) is 5.56 Å². The van der Waals surface area contributed by atoms with Gasteiger partial charge in [-0.15, -0.1) is 0 Å². The van der Waals surface area contributed by atoms with Crippen LogP contribution in [0, 0.1) is 0 Å². The molecule has 1 aromatic rings. The minimum atomic E-state index is -0.482. The lowest BCUT2D eigenvalue weighted by molar-refractivity contribution is -0.108. The van der Waals surface area contributed by atoms with Crippen molar-refractivity contribution in [2.24, 2.45) is 0 Å². The van der Waals surface area contributed by atoms with E-state index in [0.29, 0.717) is 6.29 Å². The Hall–Kier alpha value is -1.65. The lowest BCUT2D eigenvalue weighted by Crippen LogP contribution is -2.33. The van der Waals surface area contributed by atoms with E-state index in [4.69, 9.17) is 0 Å². The van der Waals surface area contributed by atoms with Crippen molar-refractivity contribution in [2.75, 3.05) is 0 Å². The summed E-state index contributed by atoms with van der Waals surface area (Å²) in [5, 5.41) is 0. The van der Waals surface area contributed by atoms with Crippen molar-refractivity contribution in [2.45, 2.75) is 13.0 Å². The standard InChI is InChI=1S/C7H8N2O3/c10-5-1-4-9-6(11)2-3-8-7(9)12/h2-3,5H,1,4H2,(H,8,12). The third kappa shape index (κ3) is 1.69. The molecule has 1 heterocycles. The van der Waals surface area contributed by atoms with Crippen LogP contribution in [0.3, 0.4) is 0 Å². The number of carbonyl (C=O) groups excluding carboxylic acids is 1. The molecule has 0 amide bonds. The van der Waals surface area contributed by atoms with E-state index < -0.39 is 5.69 Å². The van der Waals surface area contributed by atoms with E-state index in [2.05, 4.69) is 4.98 Å². The summed E-state index contributed by atoms with van der Waals surface area (Å²) in [7, 11) is 0. The number of aromatic nitrogens is 2. The predicted octanol–water partition coefficient (Wildman–Crippen LogP) is -0.874. The molecule has 0 aromatic carbocycles. The van der Waals surface area contributed by atoms with Gasteiger partial charge in [0, 0.05) is 25.2 Å². The first kappa shape index (κ1) is 8.45. The number of carbonyl (C=O) groups is 1. The maximum Gasteiger partial charge on any atom is 0.328 e. The Morgan fingerprint density at radius 2 is 2.25 bits per heavy atom. The minimum Gasteiger partial charge on any atom is -0.314 e. The maximum absolute atomic E-state index is 11.0. The Bertz CT molecular complexity index is 348. The van der Waals surface area contributed by atoms with Gasteiger partial charge in [-0.3, -0.25) is 9.36 Å². The monoisotopic (exact) mass is 168 g/mol. The Labute approximate surface area is 67.7 Å². The zero-order chi connectivity index (χ0) is 8.97. The number of hydrogen-bond donors (Lipinski definition) is 1. The van der Waals surface area contributed by atoms with Crippen LogP contribution >= 0.6 is 0 Å². The van der Waals surface area contributed by atoms with Crippen LogP contribution in [0.15, 0.2) is 21.9 Å². The molecular formula is C7H8N2O3. The second-order valence-electron chi connectivity index (χ2n) is 2.23. The van der Waals surface area contributed by atoms with E-state index >= 15 is 0 Å². The van der Waals surface area contributed by atoms with Crippen LogP contribution in [0.2, 0.25) is 0 Å². The molecule has 0 aliphatic rings. The second-order valence-corrected chi connectivity index (χ2v) is 2.23. The van der Waals surface area contributed by atoms with Gasteiger partial charge in [-0.25, -0.2) is 4.79 Å². The summed E-state index contributed by atoms with van der Waals surface area (Å²) in [6.45, 7) is 0.137. The summed E-state index contributed by atoms with van der Waals surface area (Å²) in [6, 6.07) is 1.24. The van der Waals surface area contributed by atoms with Gasteiger partial charge in [0.15, 0.2) is 0 Å². The molecule has 0 saturated heterocycles. The summed E-state index contributed by atoms with van der Waals surface area (Å²) in [5.74, 6) is 0. The Morgan fingerprint density at radius 3 is 2.83 bits per heavy atom. The third-order valence-electron chi connectivity index (χ3n) is 1.41. The zero-order valence-corrected chi connectivity index (χ0v) is 6.32. The Morgan fingerprint density at radius 1 is 1.50 bits per heavy atom. The lowest BCUT2D eigenvalue weighted by Gasteiger charge is -1.97. The highest BCUT2D eigenvalue weighted by atomic mass is 16.2. The SMILES string of the molecule is O=CCCn1c(=O)cc[nH]c1=O. The molecule has 0 atom stereocenters. The first-order chi connectivity index (χ1) is 5.75. The second kappa shape index (κ2) is 3.66. The molecule has 5 heteroatoms. The predicted molar refractivity (Wildman–Crippen MR) is 42.0 cm³/mol. The summed E-state index contributed by atoms with van der Waals surface area (Å²) in [5.41, 5.74) is -0.870. The zero-order valence-electron chi connectivity index (χ0n) is 6.32. The molecule has 0 aliphatic heterocycles. The molecule has 5 nitrogen and oxygen atoms in total. The average Bonchev–Trinajstić information content (AvgIpc) is 2.04. The fraction of sp³-hybridized carbons (Fsp3) is 0.286. The molecule has 12 heavy (non-hydrogen) atoms.